The van der Waals surface area contributed by atoms with E-state index in [9.17, 15) is 0 Å². The van der Waals surface area contributed by atoms with E-state index in [0.717, 1.165) is 0 Å². The third-order valence-corrected chi connectivity index (χ3v) is 1.84. The second-order valence-electron chi connectivity index (χ2n) is 2.65. The number of ether oxygens (including phenoxy) is 1. The Morgan fingerprint density at radius 2 is 2.18 bits per heavy atom. The number of fused-ring (bicyclic) bond motifs is 1. The lowest BCUT2D eigenvalue weighted by Gasteiger charge is -2.26. The van der Waals surface area contributed by atoms with Gasteiger partial charge in [0, 0.05) is 18.3 Å². The summed E-state index contributed by atoms with van der Waals surface area (Å²) < 4.78 is 5.27. The van der Waals surface area contributed by atoms with E-state index in [2.05, 4.69) is 19.2 Å². The molecule has 57 valence electrons. The van der Waals surface area contributed by atoms with Crippen molar-refractivity contribution in [2.24, 2.45) is 0 Å². The third kappa shape index (κ3) is 1.10. The second kappa shape index (κ2) is 2.55. The lowest BCUT2D eigenvalue weighted by Crippen LogP contribution is -2.24. The highest BCUT2D eigenvalue weighted by atomic mass is 16.5. The van der Waals surface area contributed by atoms with Crippen LogP contribution in [0.15, 0.2) is 24.3 Å². The fourth-order valence-electron chi connectivity index (χ4n) is 1.28. The lowest BCUT2D eigenvalue weighted by molar-refractivity contribution is 0.116. The summed E-state index contributed by atoms with van der Waals surface area (Å²) in [7, 11) is 3.85. The molecule has 1 aromatic rings. The quantitative estimate of drug-likeness (QED) is 0.556. The highest BCUT2D eigenvalue weighted by Gasteiger charge is 2.11. The zero-order valence-electron chi connectivity index (χ0n) is 6.29. The Kier molecular flexibility index (Phi) is 1.55. The van der Waals surface area contributed by atoms with Crippen molar-refractivity contribution in [2.75, 3.05) is 11.6 Å². The summed E-state index contributed by atoms with van der Waals surface area (Å²) in [6, 6.07) is 8.15. The maximum Gasteiger partial charge on any atom is 0.119 e. The summed E-state index contributed by atoms with van der Waals surface area (Å²) in [5, 5.41) is 0. The summed E-state index contributed by atoms with van der Waals surface area (Å²) >= 11 is 0. The first-order valence-electron chi connectivity index (χ1n) is 3.61. The predicted octanol–water partition coefficient (Wildman–Crippen LogP) is 1.77. The molecular weight excluding hydrogens is 138 g/mol. The van der Waals surface area contributed by atoms with Crippen LogP contribution in [0.5, 0.6) is 0 Å². The van der Waals surface area contributed by atoms with Crippen molar-refractivity contribution < 1.29 is 4.74 Å². The summed E-state index contributed by atoms with van der Waals surface area (Å²) in [4.78, 5) is 1.86. The van der Waals surface area contributed by atoms with Gasteiger partial charge in [0.2, 0.25) is 0 Å². The molecule has 0 bridgehead atoms. The van der Waals surface area contributed by atoms with Gasteiger partial charge in [-0.25, -0.2) is 0 Å². The Hall–Kier alpha value is -1.02. The topological polar surface area (TPSA) is 12.5 Å². The van der Waals surface area contributed by atoms with E-state index in [4.69, 9.17) is 4.74 Å². The average molecular weight is 148 g/mol. The molecule has 0 saturated carbocycles. The van der Waals surface area contributed by atoms with Crippen LogP contribution in [-0.2, 0) is 11.3 Å². The molecule has 0 fully saturated rings. The van der Waals surface area contributed by atoms with Crippen LogP contribution >= 0.6 is 0 Å². The van der Waals surface area contributed by atoms with Crippen LogP contribution in [0.1, 0.15) is 5.56 Å². The molecule has 0 unspecified atom stereocenters. The Bertz CT molecular complexity index is 259. The molecule has 2 rings (SSSR count). The van der Waals surface area contributed by atoms with Gasteiger partial charge in [0.1, 0.15) is 6.73 Å². The molecule has 0 N–H and O–H groups in total. The lowest BCUT2D eigenvalue weighted by atomic mass is 10.1. The van der Waals surface area contributed by atoms with E-state index in [1.807, 2.05) is 17.0 Å². The summed E-state index contributed by atoms with van der Waals surface area (Å²) in [5.74, 6) is 0. The largest absolute Gasteiger partial charge is 0.356 e. The van der Waals surface area contributed by atoms with Gasteiger partial charge in [0.15, 0.2) is 0 Å². The normalized spacial score (nSPS) is 16.3. The maximum atomic E-state index is 5.27. The molecule has 2 nitrogen and oxygen atoms in total. The number of hydrogen-bond acceptors (Lipinski definition) is 2. The summed E-state index contributed by atoms with van der Waals surface area (Å²) in [6.45, 7) is 1.30. The molecule has 0 amide bonds. The second-order valence-corrected chi connectivity index (χ2v) is 2.65. The van der Waals surface area contributed by atoms with Crippen molar-refractivity contribution in [3.05, 3.63) is 36.9 Å². The van der Waals surface area contributed by atoms with E-state index in [1.165, 1.54) is 11.3 Å². The smallest absolute Gasteiger partial charge is 0.119 e. The van der Waals surface area contributed by atoms with E-state index >= 15 is 0 Å². The Balaban J connectivity index is 2.44. The van der Waals surface area contributed by atoms with Crippen molar-refractivity contribution in [3.8, 4) is 0 Å². The summed E-state index contributed by atoms with van der Waals surface area (Å²) in [6.07, 6.45) is 0. The van der Waals surface area contributed by atoms with Crippen molar-refractivity contribution in [2.45, 2.75) is 6.61 Å². The van der Waals surface area contributed by atoms with Gasteiger partial charge in [-0.15, -0.1) is 0 Å². The van der Waals surface area contributed by atoms with E-state index in [1.54, 1.807) is 0 Å². The third-order valence-electron chi connectivity index (χ3n) is 1.84. The van der Waals surface area contributed by atoms with Gasteiger partial charge >= 0.3 is 0 Å². The molecule has 0 saturated heterocycles. The van der Waals surface area contributed by atoms with Crippen LogP contribution in [0.3, 0.4) is 0 Å². The van der Waals surface area contributed by atoms with Gasteiger partial charge in [-0.05, 0) is 6.07 Å². The van der Waals surface area contributed by atoms with Gasteiger partial charge < -0.3 is 9.64 Å². The van der Waals surface area contributed by atoms with Crippen LogP contribution in [0.2, 0.25) is 0 Å². The molecule has 1 aliphatic rings. The van der Waals surface area contributed by atoms with Gasteiger partial charge in [0.25, 0.3) is 0 Å². The van der Waals surface area contributed by atoms with Crippen LogP contribution in [0.4, 0.5) is 5.69 Å². The Labute approximate surface area is 66.4 Å². The van der Waals surface area contributed by atoms with Crippen molar-refractivity contribution >= 4 is 5.69 Å². The van der Waals surface area contributed by atoms with Crippen LogP contribution in [0, 0.1) is 7.05 Å². The van der Waals surface area contributed by atoms with Crippen LogP contribution in [0.25, 0.3) is 0 Å². The molecule has 1 heterocycles. The average Bonchev–Trinajstić information content (AvgIpc) is 2.06. The Morgan fingerprint density at radius 1 is 1.36 bits per heavy atom. The van der Waals surface area contributed by atoms with Gasteiger partial charge in [0.05, 0.1) is 6.61 Å². The van der Waals surface area contributed by atoms with Gasteiger partial charge in [-0.3, -0.25) is 0 Å². The van der Waals surface area contributed by atoms with Gasteiger partial charge in [-0.2, -0.15) is 0 Å². The first kappa shape index (κ1) is 6.68. The minimum atomic E-state index is 0.594. The maximum absolute atomic E-state index is 5.27. The minimum Gasteiger partial charge on any atom is -0.356 e. The molecule has 0 aromatic heterocycles. The van der Waals surface area contributed by atoms with E-state index in [-0.39, 0.29) is 0 Å². The van der Waals surface area contributed by atoms with Crippen molar-refractivity contribution in [1.29, 1.82) is 0 Å². The molecule has 0 atom stereocenters. The molecule has 0 spiro atoms. The fourth-order valence-corrected chi connectivity index (χ4v) is 1.28. The Morgan fingerprint density at radius 3 is 3.00 bits per heavy atom. The molecular formula is C9H10NO. The number of hydrogen-bond donors (Lipinski definition) is 0. The molecule has 1 aromatic carbocycles. The van der Waals surface area contributed by atoms with Gasteiger partial charge in [-0.1, -0.05) is 18.2 Å². The first-order valence-corrected chi connectivity index (χ1v) is 3.61. The first-order chi connectivity index (χ1) is 5.38. The molecule has 1 radical (unpaired) electrons. The molecule has 0 aliphatic carbocycles. The number of anilines is 1. The highest BCUT2D eigenvalue weighted by molar-refractivity contribution is 5.54. The highest BCUT2D eigenvalue weighted by Crippen LogP contribution is 2.23. The zero-order chi connectivity index (χ0) is 7.68. The van der Waals surface area contributed by atoms with Crippen LogP contribution in [-0.4, -0.2) is 6.73 Å². The summed E-state index contributed by atoms with van der Waals surface area (Å²) in [5.41, 5.74) is 2.40. The molecule has 1 aliphatic heterocycles. The molecule has 11 heavy (non-hydrogen) atoms. The fraction of sp³-hybridized carbons (Fsp3) is 0.222. The van der Waals surface area contributed by atoms with Crippen LogP contribution < -0.4 is 4.90 Å². The number of benzene rings is 1. The predicted molar refractivity (Wildman–Crippen MR) is 43.9 cm³/mol. The van der Waals surface area contributed by atoms with E-state index < -0.39 is 0 Å². The SMILES string of the molecule is [CH2]N1COCc2ccccc21. The number of nitrogens with zero attached hydrogens (tertiary/aromatic N) is 1. The minimum absolute atomic E-state index is 0.594. The van der Waals surface area contributed by atoms with E-state index in [0.29, 0.717) is 13.3 Å². The zero-order valence-corrected chi connectivity index (χ0v) is 6.29. The number of rotatable bonds is 0. The van der Waals surface area contributed by atoms with Crippen molar-refractivity contribution in [3.63, 3.8) is 0 Å². The molecule has 2 heteroatoms. The standard InChI is InChI=1S/C9H10NO/c1-10-7-11-6-8-4-2-3-5-9(8)10/h2-5H,1,6-7H2. The van der Waals surface area contributed by atoms with Crippen molar-refractivity contribution in [1.82, 2.24) is 0 Å². The monoisotopic (exact) mass is 148 g/mol. The number of para-hydroxylation sites is 1.